The molecule has 0 aliphatic carbocycles. The summed E-state index contributed by atoms with van der Waals surface area (Å²) < 4.78 is 31.2. The third-order valence-corrected chi connectivity index (χ3v) is 2.78. The van der Waals surface area contributed by atoms with Gasteiger partial charge in [-0.15, -0.1) is 0 Å². The van der Waals surface area contributed by atoms with Gasteiger partial charge in [-0.3, -0.25) is 0 Å². The number of ether oxygens (including phenoxy) is 1. The summed E-state index contributed by atoms with van der Waals surface area (Å²) >= 11 is 0. The van der Waals surface area contributed by atoms with Crippen molar-refractivity contribution in [2.45, 2.75) is 18.9 Å². The molecule has 1 unspecified atom stereocenters. The molecule has 0 aromatic heterocycles. The number of benzene rings is 1. The molecule has 0 aliphatic heterocycles. The van der Waals surface area contributed by atoms with Gasteiger partial charge in [0.1, 0.15) is 0 Å². The first-order valence-corrected chi connectivity index (χ1v) is 5.39. The average Bonchev–Trinajstić information content (AvgIpc) is 2.34. The van der Waals surface area contributed by atoms with Gasteiger partial charge in [-0.1, -0.05) is 6.07 Å². The largest absolute Gasteiger partial charge is 0.490 e. The van der Waals surface area contributed by atoms with Crippen LogP contribution in [0.1, 0.15) is 13.3 Å². The van der Waals surface area contributed by atoms with Gasteiger partial charge >= 0.3 is 0 Å². The first kappa shape index (κ1) is 13.9. The monoisotopic (exact) mass is 245 g/mol. The summed E-state index contributed by atoms with van der Waals surface area (Å²) in [6.45, 7) is 1.95. The molecule has 0 aliphatic rings. The summed E-state index contributed by atoms with van der Waals surface area (Å²) in [4.78, 5) is 0. The molecule has 0 amide bonds. The first-order chi connectivity index (χ1) is 8.02. The van der Waals surface area contributed by atoms with Crippen LogP contribution in [-0.2, 0) is 0 Å². The molecule has 0 radical (unpaired) electrons. The van der Waals surface area contributed by atoms with Gasteiger partial charge in [-0.05, 0) is 26.1 Å². The van der Waals surface area contributed by atoms with Gasteiger partial charge in [0.15, 0.2) is 11.6 Å². The standard InChI is InChI=1S/C12H17F2NO2/c1-12(8-16,15-2)6-7-17-10-5-3-4-9(13)11(10)14/h3-5,15-16H,6-8H2,1-2H3. The zero-order valence-corrected chi connectivity index (χ0v) is 9.96. The van der Waals surface area contributed by atoms with Crippen molar-refractivity contribution >= 4 is 0 Å². The normalized spacial score (nSPS) is 14.4. The number of aliphatic hydroxyl groups is 1. The minimum Gasteiger partial charge on any atom is -0.490 e. The maximum Gasteiger partial charge on any atom is 0.200 e. The van der Waals surface area contributed by atoms with Crippen LogP contribution in [0.25, 0.3) is 0 Å². The Morgan fingerprint density at radius 3 is 2.71 bits per heavy atom. The topological polar surface area (TPSA) is 41.5 Å². The van der Waals surface area contributed by atoms with Crippen LogP contribution < -0.4 is 10.1 Å². The van der Waals surface area contributed by atoms with Crippen molar-refractivity contribution < 1.29 is 18.6 Å². The molecule has 0 fully saturated rings. The highest BCUT2D eigenvalue weighted by atomic mass is 19.2. The van der Waals surface area contributed by atoms with Crippen LogP contribution in [-0.4, -0.2) is 30.9 Å². The molecule has 0 saturated carbocycles. The number of nitrogens with one attached hydrogen (secondary N) is 1. The third kappa shape index (κ3) is 3.64. The van der Waals surface area contributed by atoms with Crippen LogP contribution in [0.3, 0.4) is 0 Å². The first-order valence-electron chi connectivity index (χ1n) is 5.39. The van der Waals surface area contributed by atoms with Gasteiger partial charge in [0.05, 0.1) is 13.2 Å². The van der Waals surface area contributed by atoms with Crippen molar-refractivity contribution in [1.29, 1.82) is 0 Å². The summed E-state index contributed by atoms with van der Waals surface area (Å²) in [6.07, 6.45) is 0.482. The molecular weight excluding hydrogens is 228 g/mol. The maximum absolute atomic E-state index is 13.2. The van der Waals surface area contributed by atoms with Gasteiger partial charge in [0.25, 0.3) is 0 Å². The van der Waals surface area contributed by atoms with E-state index in [2.05, 4.69) is 5.32 Å². The van der Waals surface area contributed by atoms with Gasteiger partial charge in [0, 0.05) is 12.0 Å². The lowest BCUT2D eigenvalue weighted by molar-refractivity contribution is 0.149. The molecule has 1 atom stereocenters. The minimum atomic E-state index is -0.984. The predicted molar refractivity (Wildman–Crippen MR) is 61.0 cm³/mol. The van der Waals surface area contributed by atoms with Gasteiger partial charge in [-0.25, -0.2) is 4.39 Å². The van der Waals surface area contributed by atoms with Gasteiger partial charge in [-0.2, -0.15) is 4.39 Å². The zero-order valence-electron chi connectivity index (χ0n) is 9.96. The number of hydrogen-bond donors (Lipinski definition) is 2. The number of rotatable bonds is 6. The molecule has 2 N–H and O–H groups in total. The number of hydrogen-bond acceptors (Lipinski definition) is 3. The Morgan fingerprint density at radius 1 is 1.41 bits per heavy atom. The fraction of sp³-hybridized carbons (Fsp3) is 0.500. The smallest absolute Gasteiger partial charge is 0.200 e. The molecule has 0 bridgehead atoms. The van der Waals surface area contributed by atoms with Crippen molar-refractivity contribution in [3.63, 3.8) is 0 Å². The van der Waals surface area contributed by atoms with Crippen molar-refractivity contribution in [3.05, 3.63) is 29.8 Å². The van der Waals surface area contributed by atoms with E-state index in [-0.39, 0.29) is 19.0 Å². The molecule has 0 saturated heterocycles. The predicted octanol–water partition coefficient (Wildman–Crippen LogP) is 1.70. The molecule has 0 spiro atoms. The van der Waals surface area contributed by atoms with Crippen molar-refractivity contribution in [3.8, 4) is 5.75 Å². The van der Waals surface area contributed by atoms with Crippen LogP contribution in [0.2, 0.25) is 0 Å². The summed E-state index contributed by atoms with van der Waals surface area (Å²) in [7, 11) is 1.72. The van der Waals surface area contributed by atoms with Gasteiger partial charge in [0.2, 0.25) is 5.82 Å². The molecule has 1 aromatic rings. The van der Waals surface area contributed by atoms with E-state index in [1.165, 1.54) is 12.1 Å². The molecule has 0 heterocycles. The maximum atomic E-state index is 13.2. The highest BCUT2D eigenvalue weighted by Crippen LogP contribution is 2.20. The molecule has 17 heavy (non-hydrogen) atoms. The number of likely N-dealkylation sites (N-methyl/N-ethyl adjacent to an activating group) is 1. The van der Waals surface area contributed by atoms with Crippen molar-refractivity contribution in [2.75, 3.05) is 20.3 Å². The summed E-state index contributed by atoms with van der Waals surface area (Å²) in [5.41, 5.74) is -0.482. The minimum absolute atomic E-state index is 0.0571. The van der Waals surface area contributed by atoms with E-state index in [1.54, 1.807) is 7.05 Å². The van der Waals surface area contributed by atoms with E-state index in [1.807, 2.05) is 6.92 Å². The SMILES string of the molecule is CNC(C)(CO)CCOc1cccc(F)c1F. The van der Waals surface area contributed by atoms with E-state index in [0.29, 0.717) is 6.42 Å². The second-order valence-electron chi connectivity index (χ2n) is 4.12. The van der Waals surface area contributed by atoms with Crippen LogP contribution in [0, 0.1) is 11.6 Å². The van der Waals surface area contributed by atoms with E-state index in [0.717, 1.165) is 6.07 Å². The Labute approximate surface area is 99.4 Å². The van der Waals surface area contributed by atoms with E-state index < -0.39 is 17.2 Å². The molecule has 5 heteroatoms. The Hall–Kier alpha value is -1.20. The lowest BCUT2D eigenvalue weighted by Gasteiger charge is -2.26. The van der Waals surface area contributed by atoms with E-state index in [4.69, 9.17) is 9.84 Å². The fourth-order valence-electron chi connectivity index (χ4n) is 1.26. The van der Waals surface area contributed by atoms with Crippen LogP contribution >= 0.6 is 0 Å². The molecular formula is C12H17F2NO2. The lowest BCUT2D eigenvalue weighted by Crippen LogP contribution is -2.44. The van der Waals surface area contributed by atoms with Crippen LogP contribution in [0.15, 0.2) is 18.2 Å². The summed E-state index contributed by atoms with van der Waals surface area (Å²) in [5, 5.41) is 12.1. The van der Waals surface area contributed by atoms with Crippen molar-refractivity contribution in [1.82, 2.24) is 5.32 Å². The zero-order chi connectivity index (χ0) is 12.9. The third-order valence-electron chi connectivity index (χ3n) is 2.78. The quantitative estimate of drug-likeness (QED) is 0.801. The van der Waals surface area contributed by atoms with E-state index >= 15 is 0 Å². The highest BCUT2D eigenvalue weighted by molar-refractivity contribution is 5.24. The van der Waals surface area contributed by atoms with Crippen molar-refractivity contribution in [2.24, 2.45) is 0 Å². The Morgan fingerprint density at radius 2 is 2.12 bits per heavy atom. The Kier molecular flexibility index (Phi) is 4.84. The Balaban J connectivity index is 2.54. The second-order valence-corrected chi connectivity index (χ2v) is 4.12. The molecule has 1 aromatic carbocycles. The molecule has 1 rings (SSSR count). The Bertz CT molecular complexity index is 368. The van der Waals surface area contributed by atoms with Gasteiger partial charge < -0.3 is 15.2 Å². The molecule has 96 valence electrons. The van der Waals surface area contributed by atoms with E-state index in [9.17, 15) is 8.78 Å². The second kappa shape index (κ2) is 5.93. The number of aliphatic hydroxyl groups excluding tert-OH is 1. The fourth-order valence-corrected chi connectivity index (χ4v) is 1.26. The summed E-state index contributed by atoms with van der Waals surface area (Å²) in [6, 6.07) is 3.79. The number of halogens is 2. The lowest BCUT2D eigenvalue weighted by atomic mass is 10.0. The van der Waals surface area contributed by atoms with Crippen LogP contribution in [0.4, 0.5) is 8.78 Å². The highest BCUT2D eigenvalue weighted by Gasteiger charge is 2.20. The summed E-state index contributed by atoms with van der Waals surface area (Å²) in [5.74, 6) is -2.02. The van der Waals surface area contributed by atoms with Crippen LogP contribution in [0.5, 0.6) is 5.75 Å². The average molecular weight is 245 g/mol. The molecule has 3 nitrogen and oxygen atoms in total.